The van der Waals surface area contributed by atoms with Crippen molar-refractivity contribution in [1.82, 2.24) is 19.9 Å². The molecule has 0 unspecified atom stereocenters. The molecule has 3 N–H and O–H groups in total. The maximum atomic E-state index is 12.2. The Labute approximate surface area is 128 Å². The summed E-state index contributed by atoms with van der Waals surface area (Å²) in [4.78, 5) is 5.37. The second kappa shape index (κ2) is 7.93. The van der Waals surface area contributed by atoms with Crippen LogP contribution in [0.5, 0.6) is 0 Å². The van der Waals surface area contributed by atoms with Gasteiger partial charge in [0.05, 0.1) is 4.90 Å². The number of aromatic amines is 1. The van der Waals surface area contributed by atoms with Gasteiger partial charge in [-0.15, -0.1) is 0 Å². The Kier molecular flexibility index (Phi) is 6.86. The Balaban J connectivity index is 2.54. The number of aromatic nitrogens is 1. The lowest BCUT2D eigenvalue weighted by molar-refractivity contribution is 0.278. The summed E-state index contributed by atoms with van der Waals surface area (Å²) >= 11 is 0. The Morgan fingerprint density at radius 2 is 1.95 bits per heavy atom. The monoisotopic (exact) mass is 316 g/mol. The predicted octanol–water partition coefficient (Wildman–Crippen LogP) is 1.13. The van der Waals surface area contributed by atoms with E-state index < -0.39 is 10.0 Å². The third-order valence-corrected chi connectivity index (χ3v) is 4.81. The summed E-state index contributed by atoms with van der Waals surface area (Å²) in [7, 11) is -1.46. The van der Waals surface area contributed by atoms with E-state index in [4.69, 9.17) is 0 Å². The molecule has 0 saturated heterocycles. The number of sulfonamides is 1. The van der Waals surface area contributed by atoms with Gasteiger partial charge in [-0.25, -0.2) is 13.1 Å². The average molecular weight is 316 g/mol. The molecule has 122 valence electrons. The molecule has 0 bridgehead atoms. The second-order valence-electron chi connectivity index (χ2n) is 5.87. The number of likely N-dealkylation sites (N-methyl/N-ethyl adjacent to an activating group) is 1. The first-order valence-electron chi connectivity index (χ1n) is 7.33. The maximum absolute atomic E-state index is 12.2. The van der Waals surface area contributed by atoms with Crippen LogP contribution in [0.1, 0.15) is 33.4 Å². The molecule has 0 saturated carbocycles. The molecule has 1 rings (SSSR count). The van der Waals surface area contributed by atoms with Gasteiger partial charge in [-0.05, 0) is 27.0 Å². The number of nitrogens with one attached hydrogen (secondary N) is 3. The zero-order chi connectivity index (χ0) is 16.0. The lowest BCUT2D eigenvalue weighted by atomic mass is 10.3. The van der Waals surface area contributed by atoms with Gasteiger partial charge >= 0.3 is 0 Å². The summed E-state index contributed by atoms with van der Waals surface area (Å²) in [6, 6.07) is 2.43. The van der Waals surface area contributed by atoms with Gasteiger partial charge in [-0.1, -0.05) is 13.8 Å². The molecular weight excluding hydrogens is 288 g/mol. The van der Waals surface area contributed by atoms with E-state index in [1.54, 1.807) is 6.07 Å². The van der Waals surface area contributed by atoms with Crippen molar-refractivity contribution < 1.29 is 8.42 Å². The molecule has 0 spiro atoms. The number of H-pyrrole nitrogens is 1. The van der Waals surface area contributed by atoms with Crippen LogP contribution in [0.15, 0.2) is 17.2 Å². The molecule has 6 nitrogen and oxygen atoms in total. The van der Waals surface area contributed by atoms with Crippen LogP contribution in [0.3, 0.4) is 0 Å². The van der Waals surface area contributed by atoms with E-state index in [0.717, 1.165) is 5.69 Å². The van der Waals surface area contributed by atoms with Crippen molar-refractivity contribution >= 4 is 10.0 Å². The quantitative estimate of drug-likeness (QED) is 0.638. The highest BCUT2D eigenvalue weighted by molar-refractivity contribution is 7.89. The molecule has 0 aromatic carbocycles. The number of rotatable bonds is 9. The minimum absolute atomic E-state index is 0.287. The largest absolute Gasteiger partial charge is 0.363 e. The van der Waals surface area contributed by atoms with E-state index >= 15 is 0 Å². The van der Waals surface area contributed by atoms with Crippen LogP contribution in [0.4, 0.5) is 0 Å². The second-order valence-corrected chi connectivity index (χ2v) is 7.64. The van der Waals surface area contributed by atoms with Gasteiger partial charge in [0.25, 0.3) is 0 Å². The van der Waals surface area contributed by atoms with Crippen LogP contribution in [-0.4, -0.2) is 50.5 Å². The van der Waals surface area contributed by atoms with E-state index in [9.17, 15) is 8.42 Å². The molecule has 0 radical (unpaired) electrons. The summed E-state index contributed by atoms with van der Waals surface area (Å²) in [6.45, 7) is 9.97. The van der Waals surface area contributed by atoms with Crippen LogP contribution in [0.2, 0.25) is 0 Å². The highest BCUT2D eigenvalue weighted by Crippen LogP contribution is 2.10. The van der Waals surface area contributed by atoms with Gasteiger partial charge in [0.2, 0.25) is 10.0 Å². The molecule has 7 heteroatoms. The van der Waals surface area contributed by atoms with Crippen molar-refractivity contribution in [1.29, 1.82) is 0 Å². The Hall–Kier alpha value is -0.890. The highest BCUT2D eigenvalue weighted by atomic mass is 32.2. The molecule has 1 aromatic heterocycles. The van der Waals surface area contributed by atoms with Gasteiger partial charge in [0.15, 0.2) is 0 Å². The minimum Gasteiger partial charge on any atom is -0.363 e. The zero-order valence-electron chi connectivity index (χ0n) is 13.6. The summed E-state index contributed by atoms with van der Waals surface area (Å²) < 4.78 is 27.0. The summed E-state index contributed by atoms with van der Waals surface area (Å²) in [5, 5.41) is 3.24. The lowest BCUT2D eigenvalue weighted by Crippen LogP contribution is -2.36. The molecule has 0 aliphatic rings. The normalized spacial score (nSPS) is 12.8. The summed E-state index contributed by atoms with van der Waals surface area (Å²) in [6.07, 6.45) is 1.53. The molecular formula is C14H28N4O2S. The summed E-state index contributed by atoms with van der Waals surface area (Å²) in [5.74, 6) is 0. The maximum Gasteiger partial charge on any atom is 0.242 e. The van der Waals surface area contributed by atoms with E-state index in [-0.39, 0.29) is 4.90 Å². The first-order chi connectivity index (χ1) is 9.72. The van der Waals surface area contributed by atoms with E-state index in [2.05, 4.69) is 33.8 Å². The van der Waals surface area contributed by atoms with E-state index in [0.29, 0.717) is 31.7 Å². The smallest absolute Gasteiger partial charge is 0.242 e. The van der Waals surface area contributed by atoms with Crippen LogP contribution >= 0.6 is 0 Å². The third kappa shape index (κ3) is 6.17. The van der Waals surface area contributed by atoms with Crippen LogP contribution in [0.25, 0.3) is 0 Å². The predicted molar refractivity (Wildman–Crippen MR) is 85.7 cm³/mol. The highest BCUT2D eigenvalue weighted by Gasteiger charge is 2.16. The molecule has 0 fully saturated rings. The van der Waals surface area contributed by atoms with Crippen molar-refractivity contribution in [2.24, 2.45) is 0 Å². The lowest BCUT2D eigenvalue weighted by Gasteiger charge is -2.20. The fraction of sp³-hybridized carbons (Fsp3) is 0.714. The van der Waals surface area contributed by atoms with Crippen LogP contribution < -0.4 is 10.0 Å². The molecule has 1 heterocycles. The van der Waals surface area contributed by atoms with E-state index in [1.807, 2.05) is 20.9 Å². The van der Waals surface area contributed by atoms with Gasteiger partial charge in [0.1, 0.15) is 0 Å². The van der Waals surface area contributed by atoms with Crippen molar-refractivity contribution in [2.75, 3.05) is 20.1 Å². The topological polar surface area (TPSA) is 77.2 Å². The van der Waals surface area contributed by atoms with E-state index in [1.165, 1.54) is 6.20 Å². The van der Waals surface area contributed by atoms with Crippen molar-refractivity contribution in [3.63, 3.8) is 0 Å². The third-order valence-electron chi connectivity index (χ3n) is 3.37. The fourth-order valence-corrected chi connectivity index (χ4v) is 2.73. The SMILES string of the molecule is CC(C)NCc1cc(S(=O)(=O)NCCN(C)C(C)C)c[nH]1. The summed E-state index contributed by atoms with van der Waals surface area (Å²) in [5.41, 5.74) is 0.864. The van der Waals surface area contributed by atoms with Gasteiger partial charge < -0.3 is 15.2 Å². The van der Waals surface area contributed by atoms with Gasteiger partial charge in [-0.2, -0.15) is 0 Å². The first-order valence-corrected chi connectivity index (χ1v) is 8.81. The van der Waals surface area contributed by atoms with Crippen LogP contribution in [-0.2, 0) is 16.6 Å². The van der Waals surface area contributed by atoms with Crippen molar-refractivity contribution in [3.05, 3.63) is 18.0 Å². The molecule has 0 amide bonds. The molecule has 1 aromatic rings. The standard InChI is InChI=1S/C14H28N4O2S/c1-11(2)15-9-13-8-14(10-16-13)21(19,20)17-6-7-18(5)12(3)4/h8,10-12,15-17H,6-7,9H2,1-5H3. The minimum atomic E-state index is -3.44. The number of hydrogen-bond donors (Lipinski definition) is 3. The fourth-order valence-electron chi connectivity index (χ4n) is 1.69. The molecule has 0 aliphatic carbocycles. The average Bonchev–Trinajstić information content (AvgIpc) is 2.85. The van der Waals surface area contributed by atoms with Crippen molar-refractivity contribution in [3.8, 4) is 0 Å². The van der Waals surface area contributed by atoms with Gasteiger partial charge in [0, 0.05) is 43.6 Å². The molecule has 0 atom stereocenters. The zero-order valence-corrected chi connectivity index (χ0v) is 14.4. The Bertz CT molecular complexity index is 523. The first kappa shape index (κ1) is 18.2. The van der Waals surface area contributed by atoms with Crippen molar-refractivity contribution in [2.45, 2.75) is 51.2 Å². The van der Waals surface area contributed by atoms with Gasteiger partial charge in [-0.3, -0.25) is 0 Å². The number of nitrogens with zero attached hydrogens (tertiary/aromatic N) is 1. The Morgan fingerprint density at radius 1 is 1.29 bits per heavy atom. The molecule has 0 aliphatic heterocycles. The molecule has 21 heavy (non-hydrogen) atoms. The van der Waals surface area contributed by atoms with Crippen LogP contribution in [0, 0.1) is 0 Å². The Morgan fingerprint density at radius 3 is 2.52 bits per heavy atom. The number of hydrogen-bond acceptors (Lipinski definition) is 4.